The van der Waals surface area contributed by atoms with Crippen LogP contribution in [0.25, 0.3) is 0 Å². The van der Waals surface area contributed by atoms with Crippen molar-refractivity contribution in [1.82, 2.24) is 9.97 Å². The Bertz CT molecular complexity index is 1190. The summed E-state index contributed by atoms with van der Waals surface area (Å²) in [5.41, 5.74) is 0.925. The van der Waals surface area contributed by atoms with E-state index in [1.54, 1.807) is 31.5 Å². The summed E-state index contributed by atoms with van der Waals surface area (Å²) in [6.45, 7) is 2.64. The number of esters is 1. The maximum atomic E-state index is 14.4. The van der Waals surface area contributed by atoms with Crippen LogP contribution in [0.2, 0.25) is 0 Å². The van der Waals surface area contributed by atoms with Gasteiger partial charge in [0, 0.05) is 18.1 Å². The van der Waals surface area contributed by atoms with E-state index in [-0.39, 0.29) is 29.2 Å². The zero-order chi connectivity index (χ0) is 22.2. The highest BCUT2D eigenvalue weighted by atomic mass is 19.1. The summed E-state index contributed by atoms with van der Waals surface area (Å²) in [4.78, 5) is 33.5. The molecule has 5 rings (SSSR count). The van der Waals surface area contributed by atoms with Crippen LogP contribution in [0.3, 0.4) is 0 Å². The lowest BCUT2D eigenvalue weighted by Gasteiger charge is -2.34. The quantitative estimate of drug-likeness (QED) is 0.601. The molecule has 164 valence electrons. The van der Waals surface area contributed by atoms with E-state index in [9.17, 15) is 14.0 Å². The van der Waals surface area contributed by atoms with Crippen molar-refractivity contribution in [3.05, 3.63) is 71.1 Å². The molecule has 0 saturated heterocycles. The lowest BCUT2D eigenvalue weighted by atomic mass is 9.80. The monoisotopic (exact) mass is 437 g/mol. The third-order valence-corrected chi connectivity index (χ3v) is 5.51. The highest BCUT2D eigenvalue weighted by Crippen LogP contribution is 2.44. The maximum absolute atomic E-state index is 14.4. The van der Waals surface area contributed by atoms with Gasteiger partial charge in [-0.2, -0.15) is 0 Å². The van der Waals surface area contributed by atoms with Crippen molar-refractivity contribution in [3.63, 3.8) is 0 Å². The van der Waals surface area contributed by atoms with Crippen molar-refractivity contribution in [2.45, 2.75) is 18.9 Å². The maximum Gasteiger partial charge on any atom is 0.339 e. The summed E-state index contributed by atoms with van der Waals surface area (Å²) < 4.78 is 30.7. The van der Waals surface area contributed by atoms with Crippen LogP contribution in [-0.4, -0.2) is 41.5 Å². The lowest BCUT2D eigenvalue weighted by molar-refractivity contribution is 0.0521. The molecule has 1 aromatic heterocycles. The van der Waals surface area contributed by atoms with Crippen molar-refractivity contribution >= 4 is 17.4 Å². The minimum absolute atomic E-state index is 0.0834. The number of carbonyl (C=O) groups is 2. The summed E-state index contributed by atoms with van der Waals surface area (Å²) in [6, 6.07) is 7.05. The number of fused-ring (bicyclic) bond motifs is 2. The van der Waals surface area contributed by atoms with Gasteiger partial charge in [-0.1, -0.05) is 6.07 Å². The fraction of sp³-hybridized carbons (Fsp3) is 0.261. The van der Waals surface area contributed by atoms with Crippen molar-refractivity contribution < 1.29 is 28.2 Å². The molecule has 2 aliphatic heterocycles. The van der Waals surface area contributed by atoms with Gasteiger partial charge in [0.1, 0.15) is 30.8 Å². The zero-order valence-electron chi connectivity index (χ0n) is 17.2. The van der Waals surface area contributed by atoms with Crippen LogP contribution in [0.15, 0.2) is 42.7 Å². The number of rotatable bonds is 4. The summed E-state index contributed by atoms with van der Waals surface area (Å²) in [5, 5.41) is 3.24. The SMILES string of the molecule is CCOC(=O)c1cc(F)cc2c1C(=O)C(c1ncc[nH]1)C(c1ccc3c(c1)OCCO3)N2. The van der Waals surface area contributed by atoms with E-state index in [2.05, 4.69) is 15.3 Å². The van der Waals surface area contributed by atoms with Crippen LogP contribution in [0.5, 0.6) is 11.5 Å². The molecule has 2 N–H and O–H groups in total. The number of hydrogen-bond acceptors (Lipinski definition) is 7. The number of aromatic nitrogens is 2. The molecule has 2 unspecified atom stereocenters. The fourth-order valence-electron chi connectivity index (χ4n) is 4.17. The van der Waals surface area contributed by atoms with Gasteiger partial charge in [-0.05, 0) is 36.8 Å². The van der Waals surface area contributed by atoms with Crippen LogP contribution < -0.4 is 14.8 Å². The average molecular weight is 437 g/mol. The number of imidazole rings is 1. The van der Waals surface area contributed by atoms with Crippen LogP contribution in [0.4, 0.5) is 10.1 Å². The minimum atomic E-state index is -0.793. The molecular formula is C23H20FN3O5. The highest BCUT2D eigenvalue weighted by Gasteiger charge is 2.42. The van der Waals surface area contributed by atoms with E-state index in [0.29, 0.717) is 30.5 Å². The van der Waals surface area contributed by atoms with Crippen LogP contribution in [0.1, 0.15) is 51.0 Å². The summed E-state index contributed by atoms with van der Waals surface area (Å²) in [6.07, 6.45) is 3.17. The third kappa shape index (κ3) is 3.35. The van der Waals surface area contributed by atoms with Crippen LogP contribution in [0, 0.1) is 5.82 Å². The van der Waals surface area contributed by atoms with Gasteiger partial charge in [-0.15, -0.1) is 0 Å². The number of carbonyl (C=O) groups excluding carboxylic acids is 2. The van der Waals surface area contributed by atoms with E-state index in [1.807, 2.05) is 6.07 Å². The second kappa shape index (κ2) is 7.99. The number of nitrogens with zero attached hydrogens (tertiary/aromatic N) is 1. The number of benzene rings is 2. The first kappa shape index (κ1) is 20.0. The first-order valence-electron chi connectivity index (χ1n) is 10.3. The van der Waals surface area contributed by atoms with E-state index >= 15 is 0 Å². The molecule has 2 aliphatic rings. The Morgan fingerprint density at radius 1 is 1.22 bits per heavy atom. The number of H-pyrrole nitrogens is 1. The van der Waals surface area contributed by atoms with E-state index in [0.717, 1.165) is 11.6 Å². The smallest absolute Gasteiger partial charge is 0.339 e. The van der Waals surface area contributed by atoms with Crippen molar-refractivity contribution in [2.24, 2.45) is 0 Å². The minimum Gasteiger partial charge on any atom is -0.486 e. The molecule has 3 aromatic rings. The molecule has 0 saturated carbocycles. The number of ketones is 1. The lowest BCUT2D eigenvalue weighted by Crippen LogP contribution is -2.34. The van der Waals surface area contributed by atoms with Crippen molar-refractivity contribution in [1.29, 1.82) is 0 Å². The molecule has 9 heteroatoms. The molecule has 0 amide bonds. The Morgan fingerprint density at radius 2 is 2.03 bits per heavy atom. The molecule has 0 radical (unpaired) electrons. The van der Waals surface area contributed by atoms with Gasteiger partial charge in [-0.25, -0.2) is 14.2 Å². The number of Topliss-reactive ketones (excluding diaryl/α,β-unsaturated/α-hetero) is 1. The third-order valence-electron chi connectivity index (χ3n) is 5.51. The van der Waals surface area contributed by atoms with Gasteiger partial charge in [0.25, 0.3) is 0 Å². The first-order chi connectivity index (χ1) is 15.6. The Balaban J connectivity index is 1.65. The molecular weight excluding hydrogens is 417 g/mol. The van der Waals surface area contributed by atoms with Crippen LogP contribution in [-0.2, 0) is 4.74 Å². The number of anilines is 1. The summed E-state index contributed by atoms with van der Waals surface area (Å²) in [5.74, 6) is -0.951. The van der Waals surface area contributed by atoms with E-state index in [4.69, 9.17) is 14.2 Å². The van der Waals surface area contributed by atoms with Gasteiger partial charge in [-0.3, -0.25) is 4.79 Å². The number of aromatic amines is 1. The molecule has 32 heavy (non-hydrogen) atoms. The standard InChI is InChI=1S/C23H20FN3O5/c1-2-30-23(29)14-10-13(24)11-15-18(14)21(28)19(22-25-5-6-26-22)20(27-15)12-3-4-16-17(9-12)32-8-7-31-16/h3-6,9-11,19-20,27H,2,7-8H2,1H3,(H,25,26). The van der Waals surface area contributed by atoms with Crippen molar-refractivity contribution in [3.8, 4) is 11.5 Å². The predicted octanol–water partition coefficient (Wildman–Crippen LogP) is 3.63. The molecule has 0 bridgehead atoms. The predicted molar refractivity (Wildman–Crippen MR) is 112 cm³/mol. The van der Waals surface area contributed by atoms with Gasteiger partial charge in [0.05, 0.1) is 23.8 Å². The number of halogens is 1. The van der Waals surface area contributed by atoms with Gasteiger partial charge in [0.15, 0.2) is 17.3 Å². The Kier molecular flexibility index (Phi) is 5.01. The fourth-order valence-corrected chi connectivity index (χ4v) is 4.17. The second-order valence-corrected chi connectivity index (χ2v) is 7.44. The molecule has 2 atom stereocenters. The topological polar surface area (TPSA) is 103 Å². The zero-order valence-corrected chi connectivity index (χ0v) is 17.2. The molecule has 0 fully saturated rings. The van der Waals surface area contributed by atoms with Gasteiger partial charge in [0.2, 0.25) is 0 Å². The summed E-state index contributed by atoms with van der Waals surface area (Å²) >= 11 is 0. The Hall–Kier alpha value is -3.88. The summed E-state index contributed by atoms with van der Waals surface area (Å²) in [7, 11) is 0. The molecule has 0 spiro atoms. The molecule has 2 aromatic carbocycles. The second-order valence-electron chi connectivity index (χ2n) is 7.44. The Morgan fingerprint density at radius 3 is 2.78 bits per heavy atom. The van der Waals surface area contributed by atoms with Gasteiger partial charge >= 0.3 is 5.97 Å². The van der Waals surface area contributed by atoms with E-state index in [1.165, 1.54) is 6.07 Å². The number of nitrogens with one attached hydrogen (secondary N) is 2. The van der Waals surface area contributed by atoms with Gasteiger partial charge < -0.3 is 24.5 Å². The van der Waals surface area contributed by atoms with Crippen LogP contribution >= 0.6 is 0 Å². The average Bonchev–Trinajstić information content (AvgIpc) is 3.32. The Labute approximate surface area is 182 Å². The van der Waals surface area contributed by atoms with E-state index < -0.39 is 23.7 Å². The van der Waals surface area contributed by atoms with Crippen molar-refractivity contribution in [2.75, 3.05) is 25.1 Å². The molecule has 0 aliphatic carbocycles. The first-order valence-corrected chi connectivity index (χ1v) is 10.3. The largest absolute Gasteiger partial charge is 0.486 e. The number of hydrogen-bond donors (Lipinski definition) is 2. The highest BCUT2D eigenvalue weighted by molar-refractivity contribution is 6.14. The number of ether oxygens (including phenoxy) is 3. The molecule has 3 heterocycles. The normalized spacial score (nSPS) is 19.1. The molecule has 8 nitrogen and oxygen atoms in total.